The monoisotopic (exact) mass is 246 g/mol. The van der Waals surface area contributed by atoms with Crippen molar-refractivity contribution >= 4 is 5.91 Å². The lowest BCUT2D eigenvalue weighted by atomic mass is 10.0. The van der Waals surface area contributed by atoms with Crippen LogP contribution in [-0.4, -0.2) is 30.4 Å². The molecule has 3 heteroatoms. The first-order chi connectivity index (χ1) is 8.61. The summed E-state index contributed by atoms with van der Waals surface area (Å²) < 4.78 is 0. The van der Waals surface area contributed by atoms with Crippen LogP contribution in [0.25, 0.3) is 0 Å². The van der Waals surface area contributed by atoms with Gasteiger partial charge in [-0.2, -0.15) is 0 Å². The maximum Gasteiger partial charge on any atom is 0.254 e. The molecule has 0 radical (unpaired) electrons. The third-order valence-corrected chi connectivity index (χ3v) is 3.76. The van der Waals surface area contributed by atoms with Gasteiger partial charge in [0.05, 0.1) is 0 Å². The number of carbonyl (C=O) groups excluding carboxylic acids is 1. The van der Waals surface area contributed by atoms with Crippen LogP contribution in [0.15, 0.2) is 18.2 Å². The molecule has 1 unspecified atom stereocenters. The number of hydrogen-bond donors (Lipinski definition) is 1. The summed E-state index contributed by atoms with van der Waals surface area (Å²) in [4.78, 5) is 14.4. The lowest BCUT2D eigenvalue weighted by molar-refractivity contribution is 0.0786. The van der Waals surface area contributed by atoms with Crippen LogP contribution in [0.1, 0.15) is 34.3 Å². The highest BCUT2D eigenvalue weighted by Gasteiger charge is 2.26. The summed E-state index contributed by atoms with van der Waals surface area (Å²) in [5.41, 5.74) is 8.69. The first-order valence-electron chi connectivity index (χ1n) is 6.68. The van der Waals surface area contributed by atoms with Crippen molar-refractivity contribution in [2.75, 3.05) is 19.6 Å². The second kappa shape index (κ2) is 5.53. The van der Waals surface area contributed by atoms with Crippen molar-refractivity contribution in [2.45, 2.75) is 26.7 Å². The summed E-state index contributed by atoms with van der Waals surface area (Å²) in [5, 5.41) is 0. The van der Waals surface area contributed by atoms with Gasteiger partial charge in [0.1, 0.15) is 0 Å². The highest BCUT2D eigenvalue weighted by atomic mass is 16.2. The highest BCUT2D eigenvalue weighted by molar-refractivity contribution is 5.95. The molecule has 3 nitrogen and oxygen atoms in total. The molecule has 1 aromatic carbocycles. The van der Waals surface area contributed by atoms with Gasteiger partial charge in [-0.15, -0.1) is 0 Å². The Morgan fingerprint density at radius 3 is 2.89 bits per heavy atom. The third kappa shape index (κ3) is 2.72. The first kappa shape index (κ1) is 13.1. The predicted octanol–water partition coefficient (Wildman–Crippen LogP) is 2.11. The maximum atomic E-state index is 12.4. The van der Waals surface area contributed by atoms with Gasteiger partial charge >= 0.3 is 0 Å². The number of hydrogen-bond acceptors (Lipinski definition) is 2. The van der Waals surface area contributed by atoms with Gasteiger partial charge in [0.15, 0.2) is 0 Å². The minimum absolute atomic E-state index is 0.173. The van der Waals surface area contributed by atoms with Crippen LogP contribution in [0.3, 0.4) is 0 Å². The number of amides is 1. The number of carbonyl (C=O) groups is 1. The summed E-state index contributed by atoms with van der Waals surface area (Å²) >= 11 is 0. The normalized spacial score (nSPS) is 19.3. The van der Waals surface area contributed by atoms with Crippen LogP contribution in [-0.2, 0) is 0 Å². The third-order valence-electron chi connectivity index (χ3n) is 3.76. The summed E-state index contributed by atoms with van der Waals surface area (Å²) in [6, 6.07) is 6.03. The van der Waals surface area contributed by atoms with Crippen LogP contribution in [0.5, 0.6) is 0 Å². The molecule has 2 N–H and O–H groups in total. The van der Waals surface area contributed by atoms with Crippen molar-refractivity contribution < 1.29 is 4.79 Å². The van der Waals surface area contributed by atoms with Crippen molar-refractivity contribution in [3.63, 3.8) is 0 Å². The molecule has 18 heavy (non-hydrogen) atoms. The number of nitrogens with zero attached hydrogens (tertiary/aromatic N) is 1. The molecule has 0 spiro atoms. The molecule has 1 saturated heterocycles. The standard InChI is InChI=1S/C15H22N2O/c1-11-3-4-14(12(2)9-11)15(18)17-8-6-13(10-17)5-7-16/h3-4,9,13H,5-8,10,16H2,1-2H3. The second-order valence-corrected chi connectivity index (χ2v) is 5.30. The molecule has 98 valence electrons. The van der Waals surface area contributed by atoms with Gasteiger partial charge in [0, 0.05) is 18.7 Å². The Morgan fingerprint density at radius 1 is 1.44 bits per heavy atom. The Labute approximate surface area is 109 Å². The van der Waals surface area contributed by atoms with Crippen LogP contribution < -0.4 is 5.73 Å². The van der Waals surface area contributed by atoms with Crippen LogP contribution in [0.2, 0.25) is 0 Å². The molecule has 1 fully saturated rings. The molecule has 1 atom stereocenters. The number of likely N-dealkylation sites (tertiary alicyclic amines) is 1. The molecular formula is C15H22N2O. The lowest BCUT2D eigenvalue weighted by Crippen LogP contribution is -2.29. The SMILES string of the molecule is Cc1ccc(C(=O)N2CCC(CCN)C2)c(C)c1. The Balaban J connectivity index is 2.08. The van der Waals surface area contributed by atoms with Crippen molar-refractivity contribution in [3.8, 4) is 0 Å². The van der Waals surface area contributed by atoms with E-state index < -0.39 is 0 Å². The number of rotatable bonds is 3. The fraction of sp³-hybridized carbons (Fsp3) is 0.533. The molecule has 0 bridgehead atoms. The van der Waals surface area contributed by atoms with E-state index in [1.165, 1.54) is 5.56 Å². The van der Waals surface area contributed by atoms with E-state index in [0.717, 1.165) is 43.6 Å². The highest BCUT2D eigenvalue weighted by Crippen LogP contribution is 2.22. The topological polar surface area (TPSA) is 46.3 Å². The van der Waals surface area contributed by atoms with Crippen molar-refractivity contribution in [1.29, 1.82) is 0 Å². The largest absolute Gasteiger partial charge is 0.338 e. The van der Waals surface area contributed by atoms with E-state index in [9.17, 15) is 4.79 Å². The van der Waals surface area contributed by atoms with Gasteiger partial charge in [-0.1, -0.05) is 17.7 Å². The molecule has 0 aliphatic carbocycles. The molecule has 1 amide bonds. The molecule has 1 heterocycles. The van der Waals surface area contributed by atoms with Crippen LogP contribution in [0.4, 0.5) is 0 Å². The number of aryl methyl sites for hydroxylation is 2. The van der Waals surface area contributed by atoms with Gasteiger partial charge in [-0.05, 0) is 50.8 Å². The van der Waals surface area contributed by atoms with Crippen LogP contribution in [0, 0.1) is 19.8 Å². The Hall–Kier alpha value is -1.35. The molecule has 0 aromatic heterocycles. The summed E-state index contributed by atoms with van der Waals surface area (Å²) in [5.74, 6) is 0.761. The van der Waals surface area contributed by atoms with E-state index in [4.69, 9.17) is 5.73 Å². The van der Waals surface area contributed by atoms with Gasteiger partial charge in [0.2, 0.25) is 0 Å². The maximum absolute atomic E-state index is 12.4. The predicted molar refractivity (Wildman–Crippen MR) is 73.6 cm³/mol. The fourth-order valence-corrected chi connectivity index (χ4v) is 2.71. The van der Waals surface area contributed by atoms with Crippen molar-refractivity contribution in [2.24, 2.45) is 11.7 Å². The smallest absolute Gasteiger partial charge is 0.254 e. The van der Waals surface area contributed by atoms with Gasteiger partial charge in [-0.3, -0.25) is 4.79 Å². The summed E-state index contributed by atoms with van der Waals surface area (Å²) in [6.07, 6.45) is 2.12. The molecule has 1 aliphatic rings. The second-order valence-electron chi connectivity index (χ2n) is 5.30. The van der Waals surface area contributed by atoms with Crippen molar-refractivity contribution in [3.05, 3.63) is 34.9 Å². The van der Waals surface area contributed by atoms with Crippen LogP contribution >= 0.6 is 0 Å². The van der Waals surface area contributed by atoms with Gasteiger partial charge < -0.3 is 10.6 Å². The average molecular weight is 246 g/mol. The van der Waals surface area contributed by atoms with E-state index in [0.29, 0.717) is 5.92 Å². The average Bonchev–Trinajstić information content (AvgIpc) is 2.77. The summed E-state index contributed by atoms with van der Waals surface area (Å²) in [6.45, 7) is 6.51. The summed E-state index contributed by atoms with van der Waals surface area (Å²) in [7, 11) is 0. The Morgan fingerprint density at radius 2 is 2.22 bits per heavy atom. The zero-order chi connectivity index (χ0) is 13.1. The molecule has 1 aromatic rings. The Kier molecular flexibility index (Phi) is 4.02. The van der Waals surface area contributed by atoms with E-state index in [1.807, 2.05) is 30.9 Å². The minimum Gasteiger partial charge on any atom is -0.338 e. The number of benzene rings is 1. The zero-order valence-electron chi connectivity index (χ0n) is 11.3. The molecule has 2 rings (SSSR count). The van der Waals surface area contributed by atoms with E-state index in [2.05, 4.69) is 6.07 Å². The number of nitrogens with two attached hydrogens (primary N) is 1. The molecule has 1 aliphatic heterocycles. The lowest BCUT2D eigenvalue weighted by Gasteiger charge is -2.18. The fourth-order valence-electron chi connectivity index (χ4n) is 2.71. The van der Waals surface area contributed by atoms with Gasteiger partial charge in [0.25, 0.3) is 5.91 Å². The van der Waals surface area contributed by atoms with E-state index >= 15 is 0 Å². The minimum atomic E-state index is 0.173. The van der Waals surface area contributed by atoms with Gasteiger partial charge in [-0.25, -0.2) is 0 Å². The first-order valence-corrected chi connectivity index (χ1v) is 6.68. The van der Waals surface area contributed by atoms with Crippen molar-refractivity contribution in [1.82, 2.24) is 4.90 Å². The van der Waals surface area contributed by atoms with E-state index in [1.54, 1.807) is 0 Å². The van der Waals surface area contributed by atoms with E-state index in [-0.39, 0.29) is 5.91 Å². The molecular weight excluding hydrogens is 224 g/mol. The quantitative estimate of drug-likeness (QED) is 0.888. The zero-order valence-corrected chi connectivity index (χ0v) is 11.3. The molecule has 0 saturated carbocycles. The Bertz CT molecular complexity index is 442.